The molecular weight excluding hydrogens is 493 g/mol. The lowest BCUT2D eigenvalue weighted by Gasteiger charge is -2.13. The predicted octanol–water partition coefficient (Wildman–Crippen LogP) is 3.77. The molecule has 0 aromatic heterocycles. The first-order valence-corrected chi connectivity index (χ1v) is 10.1. The summed E-state index contributed by atoms with van der Waals surface area (Å²) in [6, 6.07) is 16.4. The Morgan fingerprint density at radius 3 is 2.50 bits per heavy atom. The zero-order valence-electron chi connectivity index (χ0n) is 18.1. The number of guanidine groups is 1. The number of nitrogens with one attached hydrogen (secondary N) is 2. The molecule has 0 unspecified atom stereocenters. The number of aliphatic imine (C=N–C) groups is 1. The second-order valence-electron chi connectivity index (χ2n) is 6.48. The zero-order chi connectivity index (χ0) is 20.7. The van der Waals surface area contributed by atoms with E-state index in [4.69, 9.17) is 14.2 Å². The summed E-state index contributed by atoms with van der Waals surface area (Å²) in [6.07, 6.45) is 0.860. The molecule has 0 heterocycles. The van der Waals surface area contributed by atoms with E-state index in [0.717, 1.165) is 36.8 Å². The molecule has 7 heteroatoms. The van der Waals surface area contributed by atoms with Crippen LogP contribution < -0.4 is 15.4 Å². The first-order chi connectivity index (χ1) is 14.3. The number of benzene rings is 2. The highest BCUT2D eigenvalue weighted by Crippen LogP contribution is 2.17. The molecule has 0 atom stereocenters. The summed E-state index contributed by atoms with van der Waals surface area (Å²) in [7, 11) is 3.48. The van der Waals surface area contributed by atoms with Gasteiger partial charge in [-0.05, 0) is 36.1 Å². The van der Waals surface area contributed by atoms with Crippen LogP contribution in [0.2, 0.25) is 0 Å². The third kappa shape index (κ3) is 9.77. The lowest BCUT2D eigenvalue weighted by Crippen LogP contribution is -2.37. The third-order valence-corrected chi connectivity index (χ3v) is 4.40. The Morgan fingerprint density at radius 2 is 1.73 bits per heavy atom. The van der Waals surface area contributed by atoms with Crippen molar-refractivity contribution >= 4 is 29.9 Å². The standard InChI is InChI=1S/C23H33N3O3.HI/c1-4-28-14-15-29-18-20-9-7-8-19(16-20)17-26-23(24-2)25-13-12-21-10-5-6-11-22(21)27-3;/h5-11,16H,4,12-15,17-18H2,1-3H3,(H2,24,25,26);1H. The number of hydrogen-bond acceptors (Lipinski definition) is 4. The maximum atomic E-state index is 5.65. The lowest BCUT2D eigenvalue weighted by atomic mass is 10.1. The van der Waals surface area contributed by atoms with Gasteiger partial charge in [-0.2, -0.15) is 0 Å². The molecular formula is C23H34IN3O3. The minimum absolute atomic E-state index is 0. The van der Waals surface area contributed by atoms with E-state index in [2.05, 4.69) is 46.0 Å². The van der Waals surface area contributed by atoms with Crippen LogP contribution in [0.25, 0.3) is 0 Å². The van der Waals surface area contributed by atoms with Crippen molar-refractivity contribution in [3.63, 3.8) is 0 Å². The Kier molecular flexibility index (Phi) is 13.9. The Bertz CT molecular complexity index is 756. The van der Waals surface area contributed by atoms with Gasteiger partial charge in [0.15, 0.2) is 5.96 Å². The maximum absolute atomic E-state index is 5.65. The Balaban J connectivity index is 0.00000450. The molecule has 2 N–H and O–H groups in total. The van der Waals surface area contributed by atoms with Crippen LogP contribution in [0.1, 0.15) is 23.6 Å². The molecule has 0 aliphatic carbocycles. The van der Waals surface area contributed by atoms with Gasteiger partial charge in [-0.25, -0.2) is 0 Å². The van der Waals surface area contributed by atoms with Crippen LogP contribution in [0.3, 0.4) is 0 Å². The molecule has 0 saturated carbocycles. The quantitative estimate of drug-likeness (QED) is 0.191. The van der Waals surface area contributed by atoms with Crippen molar-refractivity contribution in [3.8, 4) is 5.75 Å². The molecule has 0 aliphatic heterocycles. The second kappa shape index (κ2) is 15.9. The van der Waals surface area contributed by atoms with Crippen LogP contribution in [0.4, 0.5) is 0 Å². The van der Waals surface area contributed by atoms with E-state index >= 15 is 0 Å². The van der Waals surface area contributed by atoms with Crippen molar-refractivity contribution in [1.29, 1.82) is 0 Å². The highest BCUT2D eigenvalue weighted by Gasteiger charge is 2.03. The minimum Gasteiger partial charge on any atom is -0.496 e. The number of nitrogens with zero attached hydrogens (tertiary/aromatic N) is 1. The van der Waals surface area contributed by atoms with E-state index in [1.807, 2.05) is 25.1 Å². The highest BCUT2D eigenvalue weighted by atomic mass is 127. The van der Waals surface area contributed by atoms with Crippen molar-refractivity contribution in [3.05, 3.63) is 65.2 Å². The van der Waals surface area contributed by atoms with Crippen LogP contribution >= 0.6 is 24.0 Å². The van der Waals surface area contributed by atoms with E-state index in [1.54, 1.807) is 14.2 Å². The first-order valence-electron chi connectivity index (χ1n) is 10.1. The summed E-state index contributed by atoms with van der Waals surface area (Å²) in [6.45, 7) is 6.01. The van der Waals surface area contributed by atoms with Crippen molar-refractivity contribution < 1.29 is 14.2 Å². The van der Waals surface area contributed by atoms with Crippen LogP contribution in [0, 0.1) is 0 Å². The fourth-order valence-corrected chi connectivity index (χ4v) is 2.91. The van der Waals surface area contributed by atoms with Crippen LogP contribution in [-0.2, 0) is 29.0 Å². The van der Waals surface area contributed by atoms with E-state index in [0.29, 0.717) is 26.4 Å². The van der Waals surface area contributed by atoms with Crippen molar-refractivity contribution in [2.45, 2.75) is 26.5 Å². The number of methoxy groups -OCH3 is 1. The van der Waals surface area contributed by atoms with Gasteiger partial charge in [0, 0.05) is 26.7 Å². The Morgan fingerprint density at radius 1 is 0.967 bits per heavy atom. The number of halogens is 1. The monoisotopic (exact) mass is 527 g/mol. The van der Waals surface area contributed by atoms with Crippen LogP contribution in [0.15, 0.2) is 53.5 Å². The molecule has 0 aliphatic rings. The second-order valence-corrected chi connectivity index (χ2v) is 6.48. The summed E-state index contributed by atoms with van der Waals surface area (Å²) >= 11 is 0. The summed E-state index contributed by atoms with van der Waals surface area (Å²) in [5.74, 6) is 1.69. The van der Waals surface area contributed by atoms with Gasteiger partial charge >= 0.3 is 0 Å². The zero-order valence-corrected chi connectivity index (χ0v) is 20.5. The normalized spacial score (nSPS) is 11.0. The summed E-state index contributed by atoms with van der Waals surface area (Å²) in [5, 5.41) is 6.71. The molecule has 2 aromatic carbocycles. The molecule has 2 rings (SSSR count). The summed E-state index contributed by atoms with van der Waals surface area (Å²) in [4.78, 5) is 4.30. The molecule has 166 valence electrons. The number of rotatable bonds is 12. The molecule has 0 radical (unpaired) electrons. The smallest absolute Gasteiger partial charge is 0.191 e. The highest BCUT2D eigenvalue weighted by molar-refractivity contribution is 14.0. The van der Waals surface area contributed by atoms with Gasteiger partial charge in [-0.3, -0.25) is 4.99 Å². The maximum Gasteiger partial charge on any atom is 0.191 e. The van der Waals surface area contributed by atoms with E-state index < -0.39 is 0 Å². The fraction of sp³-hybridized carbons (Fsp3) is 0.435. The Hall–Kier alpha value is -1.84. The molecule has 0 spiro atoms. The molecule has 0 bridgehead atoms. The molecule has 2 aromatic rings. The number of hydrogen-bond donors (Lipinski definition) is 2. The topological polar surface area (TPSA) is 64.1 Å². The van der Waals surface area contributed by atoms with Gasteiger partial charge in [0.25, 0.3) is 0 Å². The molecule has 0 fully saturated rings. The van der Waals surface area contributed by atoms with E-state index in [9.17, 15) is 0 Å². The van der Waals surface area contributed by atoms with Crippen LogP contribution in [0.5, 0.6) is 5.75 Å². The SMILES string of the molecule is CCOCCOCc1cccc(CNC(=NC)NCCc2ccccc2OC)c1.I. The number of ether oxygens (including phenoxy) is 3. The lowest BCUT2D eigenvalue weighted by molar-refractivity contribution is 0.0453. The van der Waals surface area contributed by atoms with E-state index in [1.165, 1.54) is 11.1 Å². The first kappa shape index (κ1) is 26.2. The van der Waals surface area contributed by atoms with Gasteiger partial charge in [-0.15, -0.1) is 24.0 Å². The van der Waals surface area contributed by atoms with Crippen molar-refractivity contribution in [1.82, 2.24) is 10.6 Å². The van der Waals surface area contributed by atoms with Gasteiger partial charge in [0.1, 0.15) is 5.75 Å². The van der Waals surface area contributed by atoms with Crippen LogP contribution in [-0.4, -0.2) is 46.5 Å². The van der Waals surface area contributed by atoms with E-state index in [-0.39, 0.29) is 24.0 Å². The average Bonchev–Trinajstić information content (AvgIpc) is 2.76. The van der Waals surface area contributed by atoms with Gasteiger partial charge < -0.3 is 24.8 Å². The fourth-order valence-electron chi connectivity index (χ4n) is 2.91. The summed E-state index contributed by atoms with van der Waals surface area (Å²) < 4.78 is 16.3. The molecule has 30 heavy (non-hydrogen) atoms. The minimum atomic E-state index is 0. The largest absolute Gasteiger partial charge is 0.496 e. The van der Waals surface area contributed by atoms with Gasteiger partial charge in [-0.1, -0.05) is 42.5 Å². The van der Waals surface area contributed by atoms with Gasteiger partial charge in [0.05, 0.1) is 26.9 Å². The van der Waals surface area contributed by atoms with Gasteiger partial charge in [0.2, 0.25) is 0 Å². The average molecular weight is 527 g/mol. The molecule has 0 amide bonds. The molecule has 6 nitrogen and oxygen atoms in total. The predicted molar refractivity (Wildman–Crippen MR) is 133 cm³/mol. The van der Waals surface area contributed by atoms with Crippen molar-refractivity contribution in [2.75, 3.05) is 40.5 Å². The Labute approximate surface area is 197 Å². The molecule has 0 saturated heterocycles. The summed E-state index contributed by atoms with van der Waals surface area (Å²) in [5.41, 5.74) is 3.51. The third-order valence-electron chi connectivity index (χ3n) is 4.40. The van der Waals surface area contributed by atoms with Crippen molar-refractivity contribution in [2.24, 2.45) is 4.99 Å². The number of para-hydroxylation sites is 1.